The zero-order chi connectivity index (χ0) is 16.0. The molecule has 0 aliphatic heterocycles. The molecule has 0 aromatic heterocycles. The van der Waals surface area contributed by atoms with Crippen LogP contribution in [0, 0.1) is 5.41 Å². The fraction of sp³-hybridized carbons (Fsp3) is 0.438. The van der Waals surface area contributed by atoms with Crippen LogP contribution in [0.5, 0.6) is 0 Å². The first-order chi connectivity index (χ1) is 9.74. The van der Waals surface area contributed by atoms with E-state index in [0.29, 0.717) is 17.7 Å². The molecule has 5 heteroatoms. The minimum Gasteiger partial charge on any atom is -0.326 e. The zero-order valence-corrected chi connectivity index (χ0v) is 13.3. The zero-order valence-electron chi connectivity index (χ0n) is 13.3. The van der Waals surface area contributed by atoms with Gasteiger partial charge in [0.1, 0.15) is 0 Å². The van der Waals surface area contributed by atoms with Gasteiger partial charge < -0.3 is 5.32 Å². The smallest absolute Gasteiger partial charge is 0.271 e. The van der Waals surface area contributed by atoms with Crippen molar-refractivity contribution in [2.45, 2.75) is 41.0 Å². The Morgan fingerprint density at radius 2 is 1.71 bits per heavy atom. The number of anilines is 1. The Kier molecular flexibility index (Phi) is 5.64. The second-order valence-corrected chi connectivity index (χ2v) is 5.87. The number of hydrazone groups is 1. The van der Waals surface area contributed by atoms with E-state index in [1.54, 1.807) is 31.2 Å². The molecule has 5 nitrogen and oxygen atoms in total. The summed E-state index contributed by atoms with van der Waals surface area (Å²) in [7, 11) is 0. The minimum atomic E-state index is -0.271. The monoisotopic (exact) mass is 289 g/mol. The van der Waals surface area contributed by atoms with Crippen LogP contribution >= 0.6 is 0 Å². The molecule has 0 heterocycles. The van der Waals surface area contributed by atoms with Crippen LogP contribution in [0.3, 0.4) is 0 Å². The third-order valence-corrected chi connectivity index (χ3v) is 3.16. The van der Waals surface area contributed by atoms with E-state index in [2.05, 4.69) is 15.8 Å². The third kappa shape index (κ3) is 5.38. The Labute approximate surface area is 125 Å². The van der Waals surface area contributed by atoms with Gasteiger partial charge in [-0.05, 0) is 31.2 Å². The number of rotatable bonds is 4. The van der Waals surface area contributed by atoms with Crippen LogP contribution < -0.4 is 10.7 Å². The number of nitrogens with one attached hydrogen (secondary N) is 2. The predicted molar refractivity (Wildman–Crippen MR) is 85.4 cm³/mol. The molecule has 0 fully saturated rings. The molecule has 1 rings (SSSR count). The second-order valence-electron chi connectivity index (χ2n) is 5.87. The summed E-state index contributed by atoms with van der Waals surface area (Å²) in [5, 5.41) is 6.83. The summed E-state index contributed by atoms with van der Waals surface area (Å²) in [5.41, 5.74) is 4.48. The topological polar surface area (TPSA) is 70.6 Å². The molecule has 114 valence electrons. The number of carbonyl (C=O) groups excluding carboxylic acids is 2. The molecule has 0 spiro atoms. The van der Waals surface area contributed by atoms with E-state index in [1.807, 2.05) is 27.7 Å². The SMILES string of the molecule is CCC(=O)Nc1ccc(C(=O)NN=C(C)C(C)(C)C)cc1. The van der Waals surface area contributed by atoms with E-state index in [-0.39, 0.29) is 17.2 Å². The quantitative estimate of drug-likeness (QED) is 0.660. The Morgan fingerprint density at radius 3 is 2.19 bits per heavy atom. The second kappa shape index (κ2) is 7.02. The lowest BCUT2D eigenvalue weighted by atomic mass is 9.91. The summed E-state index contributed by atoms with van der Waals surface area (Å²) in [6.07, 6.45) is 0.420. The minimum absolute atomic E-state index is 0.0578. The predicted octanol–water partition coefficient (Wildman–Crippen LogP) is 3.19. The maximum Gasteiger partial charge on any atom is 0.271 e. The van der Waals surface area contributed by atoms with E-state index in [1.165, 1.54) is 0 Å². The molecular weight excluding hydrogens is 266 g/mol. The summed E-state index contributed by atoms with van der Waals surface area (Å²) < 4.78 is 0. The van der Waals surface area contributed by atoms with Crippen molar-refractivity contribution in [1.82, 2.24) is 5.43 Å². The summed E-state index contributed by atoms with van der Waals surface area (Å²) in [5.74, 6) is -0.329. The first kappa shape index (κ1) is 16.9. The number of amides is 2. The Balaban J connectivity index is 2.70. The first-order valence-electron chi connectivity index (χ1n) is 6.99. The third-order valence-electron chi connectivity index (χ3n) is 3.16. The number of nitrogens with zero attached hydrogens (tertiary/aromatic N) is 1. The van der Waals surface area contributed by atoms with Gasteiger partial charge in [-0.3, -0.25) is 9.59 Å². The fourth-order valence-corrected chi connectivity index (χ4v) is 1.32. The van der Waals surface area contributed by atoms with E-state index in [4.69, 9.17) is 0 Å². The van der Waals surface area contributed by atoms with Crippen LogP contribution in [0.4, 0.5) is 5.69 Å². The van der Waals surface area contributed by atoms with Crippen molar-refractivity contribution >= 4 is 23.2 Å². The van der Waals surface area contributed by atoms with E-state index in [9.17, 15) is 9.59 Å². The number of hydrogen-bond donors (Lipinski definition) is 2. The summed E-state index contributed by atoms with van der Waals surface area (Å²) in [4.78, 5) is 23.2. The van der Waals surface area contributed by atoms with Gasteiger partial charge in [-0.1, -0.05) is 27.7 Å². The van der Waals surface area contributed by atoms with Crippen LogP contribution in [0.2, 0.25) is 0 Å². The molecule has 0 saturated heterocycles. The highest BCUT2D eigenvalue weighted by Crippen LogP contribution is 2.15. The van der Waals surface area contributed by atoms with Gasteiger partial charge in [0.15, 0.2) is 0 Å². The molecule has 21 heavy (non-hydrogen) atoms. The Morgan fingerprint density at radius 1 is 1.14 bits per heavy atom. The van der Waals surface area contributed by atoms with Crippen LogP contribution in [0.25, 0.3) is 0 Å². The van der Waals surface area contributed by atoms with Gasteiger partial charge in [0.2, 0.25) is 5.91 Å². The molecule has 2 N–H and O–H groups in total. The molecular formula is C16H23N3O2. The molecule has 0 aliphatic carbocycles. The molecule has 1 aromatic carbocycles. The lowest BCUT2D eigenvalue weighted by Gasteiger charge is -2.17. The van der Waals surface area contributed by atoms with Crippen molar-refractivity contribution in [3.8, 4) is 0 Å². The van der Waals surface area contributed by atoms with Crippen molar-refractivity contribution < 1.29 is 9.59 Å². The summed E-state index contributed by atoms with van der Waals surface area (Å²) in [6.45, 7) is 9.76. The highest BCUT2D eigenvalue weighted by Gasteiger charge is 2.15. The lowest BCUT2D eigenvalue weighted by molar-refractivity contribution is -0.115. The highest BCUT2D eigenvalue weighted by molar-refractivity contribution is 5.97. The van der Waals surface area contributed by atoms with E-state index >= 15 is 0 Å². The Bertz CT molecular complexity index is 540. The van der Waals surface area contributed by atoms with Gasteiger partial charge >= 0.3 is 0 Å². The summed E-state index contributed by atoms with van der Waals surface area (Å²) in [6, 6.07) is 6.71. The first-order valence-corrected chi connectivity index (χ1v) is 6.99. The maximum absolute atomic E-state index is 12.0. The molecule has 0 radical (unpaired) electrons. The van der Waals surface area contributed by atoms with Crippen molar-refractivity contribution in [1.29, 1.82) is 0 Å². The van der Waals surface area contributed by atoms with E-state index < -0.39 is 0 Å². The van der Waals surface area contributed by atoms with E-state index in [0.717, 1.165) is 5.71 Å². The van der Waals surface area contributed by atoms with Gasteiger partial charge in [0.25, 0.3) is 5.91 Å². The largest absolute Gasteiger partial charge is 0.326 e. The number of hydrogen-bond acceptors (Lipinski definition) is 3. The van der Waals surface area contributed by atoms with Crippen molar-refractivity contribution in [2.24, 2.45) is 10.5 Å². The fourth-order valence-electron chi connectivity index (χ4n) is 1.32. The van der Waals surface area contributed by atoms with Gasteiger partial charge in [-0.25, -0.2) is 5.43 Å². The van der Waals surface area contributed by atoms with Crippen molar-refractivity contribution in [3.05, 3.63) is 29.8 Å². The molecule has 0 saturated carbocycles. The average Bonchev–Trinajstić information content (AvgIpc) is 2.43. The maximum atomic E-state index is 12.0. The van der Waals surface area contributed by atoms with Crippen molar-refractivity contribution in [2.75, 3.05) is 5.32 Å². The van der Waals surface area contributed by atoms with Gasteiger partial charge in [0, 0.05) is 28.8 Å². The molecule has 0 unspecified atom stereocenters. The van der Waals surface area contributed by atoms with Crippen LogP contribution in [0.1, 0.15) is 51.4 Å². The molecule has 0 atom stereocenters. The van der Waals surface area contributed by atoms with Gasteiger partial charge in [-0.15, -0.1) is 0 Å². The van der Waals surface area contributed by atoms with Crippen molar-refractivity contribution in [3.63, 3.8) is 0 Å². The highest BCUT2D eigenvalue weighted by atomic mass is 16.2. The van der Waals surface area contributed by atoms with Gasteiger partial charge in [-0.2, -0.15) is 5.10 Å². The lowest BCUT2D eigenvalue weighted by Crippen LogP contribution is -2.24. The Hall–Kier alpha value is -2.17. The van der Waals surface area contributed by atoms with Crippen LogP contribution in [0.15, 0.2) is 29.4 Å². The molecule has 0 aliphatic rings. The normalized spacial score (nSPS) is 12.0. The number of carbonyl (C=O) groups is 2. The van der Waals surface area contributed by atoms with Crippen LogP contribution in [-0.4, -0.2) is 17.5 Å². The molecule has 1 aromatic rings. The molecule has 2 amide bonds. The molecule has 0 bridgehead atoms. The standard InChI is InChI=1S/C16H23N3O2/c1-6-14(20)17-13-9-7-12(8-10-13)15(21)19-18-11(2)16(3,4)5/h7-10H,6H2,1-5H3,(H,17,20)(H,19,21). The van der Waals surface area contributed by atoms with Crippen LogP contribution in [-0.2, 0) is 4.79 Å². The number of benzene rings is 1. The average molecular weight is 289 g/mol. The summed E-state index contributed by atoms with van der Waals surface area (Å²) >= 11 is 0. The van der Waals surface area contributed by atoms with Gasteiger partial charge in [0.05, 0.1) is 0 Å².